The maximum Gasteiger partial charge on any atom is 0.337 e. The van der Waals surface area contributed by atoms with Crippen LogP contribution in [0.3, 0.4) is 0 Å². The van der Waals surface area contributed by atoms with Crippen molar-refractivity contribution in [1.82, 2.24) is 14.6 Å². The van der Waals surface area contributed by atoms with Gasteiger partial charge in [-0.05, 0) is 24.6 Å². The lowest BCUT2D eigenvalue weighted by atomic mass is 10.1. The van der Waals surface area contributed by atoms with Crippen LogP contribution in [-0.2, 0) is 0 Å². The molecule has 0 aliphatic rings. The third kappa shape index (κ3) is 3.35. The predicted molar refractivity (Wildman–Crippen MR) is 103 cm³/mol. The second-order valence-electron chi connectivity index (χ2n) is 5.98. The third-order valence-electron chi connectivity index (χ3n) is 4.22. The van der Waals surface area contributed by atoms with Crippen molar-refractivity contribution in [2.45, 2.75) is 6.92 Å². The number of nitriles is 1. The van der Waals surface area contributed by atoms with Crippen LogP contribution in [0, 0.1) is 24.1 Å². The van der Waals surface area contributed by atoms with E-state index in [0.29, 0.717) is 16.3 Å². The van der Waals surface area contributed by atoms with Crippen LogP contribution in [0.1, 0.15) is 21.5 Å². The van der Waals surface area contributed by atoms with Crippen LogP contribution in [0.25, 0.3) is 5.52 Å². The van der Waals surface area contributed by atoms with Crippen molar-refractivity contribution >= 4 is 34.2 Å². The number of anilines is 2. The molecule has 4 aromatic rings. The molecule has 0 amide bonds. The van der Waals surface area contributed by atoms with E-state index in [4.69, 9.17) is 4.74 Å². The normalized spacial score (nSPS) is 10.7. The van der Waals surface area contributed by atoms with Crippen molar-refractivity contribution in [1.29, 1.82) is 5.26 Å². The van der Waals surface area contributed by atoms with Crippen LogP contribution in [-0.4, -0.2) is 25.7 Å². The number of aryl methyl sites for hydroxylation is 1. The van der Waals surface area contributed by atoms with Gasteiger partial charge in [0.2, 0.25) is 0 Å². The number of hydrogen-bond donors (Lipinski definition) is 2. The highest BCUT2D eigenvalue weighted by Crippen LogP contribution is 2.33. The summed E-state index contributed by atoms with van der Waals surface area (Å²) in [5.74, 6) is -1.46. The topological polar surface area (TPSA) is 113 Å². The molecule has 0 saturated carbocycles. The molecule has 3 heterocycles. The summed E-state index contributed by atoms with van der Waals surface area (Å²) in [6.45, 7) is 1.61. The Kier molecular flexibility index (Phi) is 4.58. The Morgan fingerprint density at radius 3 is 2.93 bits per heavy atom. The van der Waals surface area contributed by atoms with Crippen LogP contribution in [0.5, 0.6) is 10.9 Å². The first-order chi connectivity index (χ1) is 14.0. The molecule has 0 radical (unpaired) electrons. The van der Waals surface area contributed by atoms with Crippen LogP contribution < -0.4 is 10.1 Å². The van der Waals surface area contributed by atoms with Gasteiger partial charge >= 0.3 is 5.97 Å². The first kappa shape index (κ1) is 18.4. The molecule has 0 unspecified atom stereocenters. The van der Waals surface area contributed by atoms with E-state index in [1.54, 1.807) is 24.6 Å². The van der Waals surface area contributed by atoms with Gasteiger partial charge in [-0.2, -0.15) is 10.4 Å². The summed E-state index contributed by atoms with van der Waals surface area (Å²) in [5, 5.41) is 27.9. The maximum atomic E-state index is 14.7. The molecule has 0 bridgehead atoms. The Morgan fingerprint density at radius 1 is 1.45 bits per heavy atom. The fourth-order valence-electron chi connectivity index (χ4n) is 2.87. The Balaban J connectivity index is 1.75. The van der Waals surface area contributed by atoms with Crippen molar-refractivity contribution in [3.63, 3.8) is 0 Å². The number of aromatic nitrogens is 3. The number of benzene rings is 1. The quantitative estimate of drug-likeness (QED) is 0.504. The highest BCUT2D eigenvalue weighted by molar-refractivity contribution is 7.11. The Morgan fingerprint density at radius 2 is 2.28 bits per heavy atom. The SMILES string of the molecule is Cc1c(C(=O)O)cn2ncc(C#N)c(Nc3ccc(Oc4nccs4)cc3F)c12. The average Bonchev–Trinajstić information content (AvgIpc) is 3.32. The second kappa shape index (κ2) is 7.21. The molecule has 0 atom stereocenters. The van der Waals surface area contributed by atoms with Gasteiger partial charge in [-0.1, -0.05) is 11.3 Å². The Bertz CT molecular complexity index is 1280. The standard InChI is InChI=1S/C19H12FN5O3S/c1-10-13(18(26)27)9-25-17(10)16(11(7-21)8-23-25)24-15-3-2-12(6-14(15)20)28-19-22-4-5-29-19/h2-6,8-9,24H,1H3,(H,26,27). The molecule has 0 saturated heterocycles. The number of ether oxygens (including phenoxy) is 1. The minimum absolute atomic E-state index is 0.0447. The van der Waals surface area contributed by atoms with Gasteiger partial charge in [0.15, 0.2) is 0 Å². The molecular formula is C19H12FN5O3S. The van der Waals surface area contributed by atoms with Gasteiger partial charge in [-0.3, -0.25) is 0 Å². The molecule has 3 aromatic heterocycles. The minimum Gasteiger partial charge on any atom is -0.478 e. The molecule has 0 aliphatic heterocycles. The smallest absolute Gasteiger partial charge is 0.337 e. The first-order valence-electron chi connectivity index (χ1n) is 8.26. The summed E-state index contributed by atoms with van der Waals surface area (Å²) in [7, 11) is 0. The summed E-state index contributed by atoms with van der Waals surface area (Å²) in [4.78, 5) is 15.4. The molecule has 29 heavy (non-hydrogen) atoms. The lowest BCUT2D eigenvalue weighted by Crippen LogP contribution is -2.02. The van der Waals surface area contributed by atoms with Gasteiger partial charge in [0, 0.05) is 23.8 Å². The highest BCUT2D eigenvalue weighted by Gasteiger charge is 2.20. The number of hydrogen-bond acceptors (Lipinski definition) is 7. The van der Waals surface area contributed by atoms with Crippen LogP contribution in [0.4, 0.5) is 15.8 Å². The zero-order valence-electron chi connectivity index (χ0n) is 14.9. The summed E-state index contributed by atoms with van der Waals surface area (Å²) in [5.41, 5.74) is 1.35. The van der Waals surface area contributed by atoms with Gasteiger partial charge in [0.1, 0.15) is 17.6 Å². The molecule has 144 valence electrons. The largest absolute Gasteiger partial charge is 0.478 e. The van der Waals surface area contributed by atoms with Crippen LogP contribution in [0.2, 0.25) is 0 Å². The van der Waals surface area contributed by atoms with Crippen molar-refractivity contribution in [2.24, 2.45) is 0 Å². The number of nitrogens with one attached hydrogen (secondary N) is 1. The summed E-state index contributed by atoms with van der Waals surface area (Å²) in [6.07, 6.45) is 4.22. The number of aromatic carboxylic acids is 1. The van der Waals surface area contributed by atoms with Gasteiger partial charge in [-0.25, -0.2) is 18.7 Å². The highest BCUT2D eigenvalue weighted by atomic mass is 32.1. The molecule has 0 fully saturated rings. The average molecular weight is 409 g/mol. The monoisotopic (exact) mass is 409 g/mol. The van der Waals surface area contributed by atoms with E-state index in [0.717, 1.165) is 0 Å². The number of carbonyl (C=O) groups is 1. The lowest BCUT2D eigenvalue weighted by Gasteiger charge is -2.12. The lowest BCUT2D eigenvalue weighted by molar-refractivity contribution is 0.0696. The van der Waals surface area contributed by atoms with E-state index in [9.17, 15) is 19.6 Å². The van der Waals surface area contributed by atoms with Crippen LogP contribution in [0.15, 0.2) is 42.2 Å². The number of halogens is 1. The second-order valence-corrected chi connectivity index (χ2v) is 6.83. The summed E-state index contributed by atoms with van der Waals surface area (Å²) in [6, 6.07) is 6.22. The van der Waals surface area contributed by atoms with E-state index < -0.39 is 11.8 Å². The van der Waals surface area contributed by atoms with E-state index in [1.807, 2.05) is 6.07 Å². The van der Waals surface area contributed by atoms with Gasteiger partial charge < -0.3 is 15.2 Å². The number of nitrogens with zero attached hydrogens (tertiary/aromatic N) is 4. The number of rotatable bonds is 5. The molecule has 0 spiro atoms. The Hall–Kier alpha value is -3.97. The number of carboxylic acids is 1. The first-order valence-corrected chi connectivity index (χ1v) is 9.14. The van der Waals surface area contributed by atoms with Gasteiger partial charge in [-0.15, -0.1) is 0 Å². The molecule has 10 heteroatoms. The zero-order chi connectivity index (χ0) is 20.5. The van der Waals surface area contributed by atoms with Crippen molar-refractivity contribution < 1.29 is 19.0 Å². The summed E-state index contributed by atoms with van der Waals surface area (Å²) < 4.78 is 21.5. The maximum absolute atomic E-state index is 14.7. The molecule has 8 nitrogen and oxygen atoms in total. The van der Waals surface area contributed by atoms with E-state index in [2.05, 4.69) is 15.4 Å². The van der Waals surface area contributed by atoms with Crippen molar-refractivity contribution in [2.75, 3.05) is 5.32 Å². The van der Waals surface area contributed by atoms with Crippen molar-refractivity contribution in [3.8, 4) is 17.0 Å². The molecule has 1 aromatic carbocycles. The fraction of sp³-hybridized carbons (Fsp3) is 0.0526. The van der Waals surface area contributed by atoms with Crippen molar-refractivity contribution in [3.05, 3.63) is 64.7 Å². The van der Waals surface area contributed by atoms with Gasteiger partial charge in [0.25, 0.3) is 5.19 Å². The molecule has 4 rings (SSSR count). The molecular weight excluding hydrogens is 397 g/mol. The van der Waals surface area contributed by atoms with Gasteiger partial charge in [0.05, 0.1) is 34.2 Å². The fourth-order valence-corrected chi connectivity index (χ4v) is 3.38. The predicted octanol–water partition coefficient (Wildman–Crippen LogP) is 4.34. The minimum atomic E-state index is -1.12. The van der Waals surface area contributed by atoms with E-state index in [1.165, 1.54) is 40.4 Å². The zero-order valence-corrected chi connectivity index (χ0v) is 15.7. The third-order valence-corrected chi connectivity index (χ3v) is 4.87. The van der Waals surface area contributed by atoms with Crippen LogP contribution >= 0.6 is 11.3 Å². The van der Waals surface area contributed by atoms with E-state index in [-0.39, 0.29) is 28.3 Å². The number of fused-ring (bicyclic) bond motifs is 1. The number of carboxylic acid groups (broad SMARTS) is 1. The number of thiazole rings is 1. The molecule has 2 N–H and O–H groups in total. The van der Waals surface area contributed by atoms with E-state index >= 15 is 0 Å². The molecule has 0 aliphatic carbocycles. The summed E-state index contributed by atoms with van der Waals surface area (Å²) >= 11 is 1.28. The Labute approximate surface area is 167 Å².